The maximum absolute atomic E-state index is 13.7. The normalized spacial score (nSPS) is 47.9. The number of Topliss-reactive ketones (excluding diaryl/α,β-unsaturated/α-hetero) is 4. The third-order valence-electron chi connectivity index (χ3n) is 43.4. The summed E-state index contributed by atoms with van der Waals surface area (Å²) >= 11 is 0. The predicted molar refractivity (Wildman–Crippen MR) is 487 cm³/mol. The number of ketones is 4. The summed E-state index contributed by atoms with van der Waals surface area (Å²) < 4.78 is 5.08. The minimum absolute atomic E-state index is 0.115. The average molecular weight is 1750 g/mol. The van der Waals surface area contributed by atoms with Gasteiger partial charge in [-0.25, -0.2) is 9.53 Å². The highest BCUT2D eigenvalue weighted by Crippen LogP contribution is 2.75. The Bertz CT molecular complexity index is 4490. The Balaban J connectivity index is 0.000000104. The molecule has 128 heavy (non-hydrogen) atoms. The lowest BCUT2D eigenvalue weighted by Gasteiger charge is -2.57. The highest BCUT2D eigenvalue weighted by Gasteiger charge is 2.70. The zero-order chi connectivity index (χ0) is 88.7. The van der Waals surface area contributed by atoms with Crippen molar-refractivity contribution in [1.82, 2.24) is 49.5 Å². The quantitative estimate of drug-likeness (QED) is 0.0759. The molecule has 20 aliphatic rings. The van der Waals surface area contributed by atoms with Crippen LogP contribution >= 0.6 is 0 Å². The van der Waals surface area contributed by atoms with Gasteiger partial charge in [0.05, 0.1) is 66.9 Å². The standard InChI is InChI=1S/2C28H39N3O2.2C26H39N3O2/c1-27(33)10-8-20-18(13-27)6-7-22-21(20)9-11-28(2)24(12-23(26(22)28)17-4-5-17)25(32)16-31-15-19(29-3)14-30-31;1-27(33)10-7-20-18(14-27)5-6-22-21(20)8-11-28(2)24(13-23(26(22)28)17-3-4-17)25(32)16-31-12-9-19(15-29)30-31;1-25(31)9-7-18-17(14-25)5-6-20-19(18)8-10-26(2)22(13-21(24(20)26)16-3-4-16)23(30)15-29-12-11-27-28-29;1-25(31)9-7-18-17(14-25)5-6-20-19(18)8-10-26(2)22(13-21(24(20)26)16-3-4-16)23(30)15-29-27-11-12-28-29/h14-15,17-18,20-24,26,33H,4-13,16H2,1-2H3;9,12,17-18,20-24,26,33H,3-8,10-11,13-14,16H2,1-2H3;2*11-12,16-22,24,31H,3-10,13-15H2,1-2H3/t2*18-,20+,21-,22-,23+,24-,26-,27-,28-;2*17-,18+,19-,20-,21+,22-,24-,25-,26-/m1111/s1. The first-order valence-electron chi connectivity index (χ1n) is 52.8. The van der Waals surface area contributed by atoms with E-state index in [0.29, 0.717) is 90.3 Å². The molecule has 4 N–H and O–H groups in total. The van der Waals surface area contributed by atoms with Crippen LogP contribution in [0.4, 0.5) is 5.69 Å². The van der Waals surface area contributed by atoms with Crippen molar-refractivity contribution in [2.45, 2.75) is 361 Å². The summed E-state index contributed by atoms with van der Waals surface area (Å²) in [5.74, 6) is 23.7. The van der Waals surface area contributed by atoms with Gasteiger partial charge in [-0.1, -0.05) is 32.9 Å². The molecule has 696 valence electrons. The van der Waals surface area contributed by atoms with Crippen molar-refractivity contribution in [2.24, 2.45) is 211 Å². The van der Waals surface area contributed by atoms with E-state index in [0.717, 1.165) is 213 Å². The predicted octanol–water partition coefficient (Wildman–Crippen LogP) is 19.6. The van der Waals surface area contributed by atoms with Crippen molar-refractivity contribution in [3.05, 3.63) is 66.6 Å². The topological polar surface area (TPSA) is 274 Å². The van der Waals surface area contributed by atoms with E-state index in [2.05, 4.69) is 83.2 Å². The van der Waals surface area contributed by atoms with E-state index >= 15 is 0 Å². The Morgan fingerprint density at radius 3 is 0.984 bits per heavy atom. The molecule has 20 nitrogen and oxygen atoms in total. The number of nitriles is 1. The van der Waals surface area contributed by atoms with Gasteiger partial charge in [0, 0.05) is 42.3 Å². The fourth-order valence-corrected chi connectivity index (χ4v) is 37.8. The molecule has 24 rings (SSSR count). The van der Waals surface area contributed by atoms with Crippen molar-refractivity contribution < 1.29 is 39.6 Å². The molecule has 0 amide bonds. The van der Waals surface area contributed by atoms with Crippen LogP contribution in [0.5, 0.6) is 0 Å². The zero-order valence-electron chi connectivity index (χ0n) is 79.0. The maximum Gasteiger partial charge on any atom is 0.224 e. The summed E-state index contributed by atoms with van der Waals surface area (Å²) in [6, 6.07) is 3.77. The van der Waals surface area contributed by atoms with Gasteiger partial charge in [0.25, 0.3) is 0 Å². The monoisotopic (exact) mass is 1750 g/mol. The molecule has 4 aromatic heterocycles. The Labute approximate surface area is 763 Å². The van der Waals surface area contributed by atoms with Gasteiger partial charge in [-0.3, -0.25) is 28.5 Å². The van der Waals surface area contributed by atoms with E-state index in [1.807, 2.05) is 20.0 Å². The third kappa shape index (κ3) is 16.5. The van der Waals surface area contributed by atoms with Crippen LogP contribution in [-0.2, 0) is 45.4 Å². The molecule has 0 unspecified atom stereocenters. The zero-order valence-corrected chi connectivity index (χ0v) is 79.0. The number of nitrogens with zero attached hydrogens (tertiary/aromatic N) is 12. The molecule has 20 saturated carbocycles. The van der Waals surface area contributed by atoms with Crippen LogP contribution < -0.4 is 0 Å². The summed E-state index contributed by atoms with van der Waals surface area (Å²) in [6.07, 6.45) is 60.2. The van der Waals surface area contributed by atoms with Crippen LogP contribution in [0, 0.1) is 229 Å². The van der Waals surface area contributed by atoms with Crippen LogP contribution in [0.25, 0.3) is 4.85 Å². The molecular weight excluding hydrogens is 1590 g/mol. The van der Waals surface area contributed by atoms with Crippen LogP contribution in [0.3, 0.4) is 0 Å². The number of hydrogen-bond acceptors (Lipinski definition) is 15. The number of aromatic nitrogens is 10. The second-order valence-corrected chi connectivity index (χ2v) is 50.8. The Morgan fingerprint density at radius 1 is 0.375 bits per heavy atom. The van der Waals surface area contributed by atoms with Crippen molar-refractivity contribution in [3.8, 4) is 6.07 Å². The number of carbonyl (C=O) groups excluding carboxylic acids is 4. The largest absolute Gasteiger partial charge is 0.390 e. The van der Waals surface area contributed by atoms with Gasteiger partial charge < -0.3 is 20.4 Å². The first-order valence-corrected chi connectivity index (χ1v) is 52.8. The highest BCUT2D eigenvalue weighted by atomic mass is 16.3. The Kier molecular flexibility index (Phi) is 23.3. The molecule has 20 heteroatoms. The lowest BCUT2D eigenvalue weighted by atomic mass is 9.48. The average Bonchev–Trinajstić information content (AvgIpc) is 1.63. The van der Waals surface area contributed by atoms with E-state index in [1.165, 1.54) is 180 Å². The van der Waals surface area contributed by atoms with E-state index in [4.69, 9.17) is 11.8 Å². The van der Waals surface area contributed by atoms with E-state index < -0.39 is 22.4 Å². The summed E-state index contributed by atoms with van der Waals surface area (Å²) in [7, 11) is 0. The molecule has 20 aliphatic carbocycles. The van der Waals surface area contributed by atoms with E-state index in [1.54, 1.807) is 62.1 Å². The Morgan fingerprint density at radius 2 is 0.688 bits per heavy atom. The summed E-state index contributed by atoms with van der Waals surface area (Å²) in [4.78, 5) is 59.3. The number of rotatable bonds is 16. The minimum atomic E-state index is -0.462. The van der Waals surface area contributed by atoms with Crippen LogP contribution in [0.2, 0.25) is 0 Å². The van der Waals surface area contributed by atoms with Gasteiger partial charge in [-0.2, -0.15) is 30.5 Å². The molecule has 0 spiro atoms. The molecule has 0 saturated heterocycles. The van der Waals surface area contributed by atoms with Gasteiger partial charge >= 0.3 is 0 Å². The number of carbonyl (C=O) groups is 4. The number of aliphatic hydroxyl groups is 4. The van der Waals surface area contributed by atoms with Crippen molar-refractivity contribution in [3.63, 3.8) is 0 Å². The SMILES string of the molecule is C[C@@]1(O)CC[C@H]2[C@H](CC[C@@H]3[C@@H]2CC[C@@]2(C)[C@H]3[C@H](C3CC3)C[C@@H]2C(=O)Cn2ccc(C#N)n2)C1.C[C@@]1(O)CC[C@H]2[C@H](CC[C@@H]3[C@@H]2CC[C@@]2(C)[C@H]3[C@H](C3CC3)C[C@@H]2C(=O)Cn2ccnn2)C1.C[C@@]1(O)CC[C@H]2[C@H](CC[C@@H]3[C@@H]2CC[C@@]2(C)[C@H]3[C@H](C3CC3)C[C@@H]2C(=O)Cn2nccn2)C1.[C-]#[N+]c1cnn(CC(=O)[C@H]2C[C@@H](C3CC3)[C@H]3[C@@H]4CC[C@@H]5C[C@](C)(O)CC[C@@H]5[C@H]4CC[C@@]32C)c1. The van der Waals surface area contributed by atoms with Gasteiger partial charge in [0.1, 0.15) is 19.2 Å². The van der Waals surface area contributed by atoms with E-state index in [9.17, 15) is 39.6 Å². The molecule has 0 bridgehead atoms. The molecule has 0 radical (unpaired) electrons. The molecule has 4 aromatic rings. The fraction of sp³-hybridized carbons (Fsp3) is 0.852. The summed E-state index contributed by atoms with van der Waals surface area (Å²) in [6.45, 7) is 26.6. The minimum Gasteiger partial charge on any atom is -0.390 e. The molecule has 36 atom stereocenters. The van der Waals surface area contributed by atoms with Crippen LogP contribution in [0.15, 0.2) is 49.4 Å². The third-order valence-corrected chi connectivity index (χ3v) is 43.4. The van der Waals surface area contributed by atoms with Gasteiger partial charge in [-0.05, 0) is 478 Å². The van der Waals surface area contributed by atoms with Gasteiger partial charge in [-0.15, -0.1) is 5.10 Å². The number of hydrogen-bond donors (Lipinski definition) is 4. The van der Waals surface area contributed by atoms with Gasteiger partial charge in [0.2, 0.25) is 5.69 Å². The summed E-state index contributed by atoms with van der Waals surface area (Å²) in [5.41, 5.74) is -0.355. The molecule has 20 fully saturated rings. The summed E-state index contributed by atoms with van der Waals surface area (Å²) in [5, 5.41) is 76.8. The van der Waals surface area contributed by atoms with Crippen molar-refractivity contribution >= 4 is 28.8 Å². The maximum atomic E-state index is 13.7. The molecular formula is C108H156N12O8. The lowest BCUT2D eigenvalue weighted by Crippen LogP contribution is -2.52. The fourth-order valence-electron chi connectivity index (χ4n) is 37.8. The van der Waals surface area contributed by atoms with E-state index in [-0.39, 0.29) is 45.3 Å². The first kappa shape index (κ1) is 88.8. The second-order valence-electron chi connectivity index (χ2n) is 50.8. The second kappa shape index (κ2) is 33.6. The van der Waals surface area contributed by atoms with Crippen molar-refractivity contribution in [2.75, 3.05) is 0 Å². The Hall–Kier alpha value is -5.80. The van der Waals surface area contributed by atoms with Crippen molar-refractivity contribution in [1.29, 1.82) is 5.26 Å². The van der Waals surface area contributed by atoms with Crippen LogP contribution in [0.1, 0.15) is 318 Å². The lowest BCUT2D eigenvalue weighted by molar-refractivity contribution is -0.134. The number of fused-ring (bicyclic) bond motifs is 20. The molecule has 0 aliphatic heterocycles. The smallest absolute Gasteiger partial charge is 0.224 e. The van der Waals surface area contributed by atoms with Crippen LogP contribution in [-0.4, -0.2) is 116 Å². The molecule has 4 heterocycles. The van der Waals surface area contributed by atoms with Gasteiger partial charge in [0.15, 0.2) is 28.8 Å². The molecule has 0 aromatic carbocycles. The first-order chi connectivity index (χ1) is 61.3. The highest BCUT2D eigenvalue weighted by molar-refractivity contribution is 5.84.